The molecule has 0 saturated carbocycles. The summed E-state index contributed by atoms with van der Waals surface area (Å²) in [6.07, 6.45) is -3.34. The van der Waals surface area contributed by atoms with Gasteiger partial charge >= 0.3 is 12.3 Å². The number of alkyl halides is 4. The molecule has 0 aromatic heterocycles. The molecule has 88 valence electrons. The van der Waals surface area contributed by atoms with Gasteiger partial charge in [0.15, 0.2) is 0 Å². The fourth-order valence-corrected chi connectivity index (χ4v) is 1.35. The molecule has 1 aliphatic rings. The van der Waals surface area contributed by atoms with Crippen molar-refractivity contribution in [3.63, 3.8) is 0 Å². The van der Waals surface area contributed by atoms with Crippen LogP contribution >= 0.6 is 0 Å². The number of carbonyl (C=O) groups is 1. The second-order valence-electron chi connectivity index (χ2n) is 3.54. The molecular formula is C8H12F4N2O. The van der Waals surface area contributed by atoms with Crippen molar-refractivity contribution in [3.8, 4) is 0 Å². The fourth-order valence-electron chi connectivity index (χ4n) is 1.35. The van der Waals surface area contributed by atoms with Crippen LogP contribution in [0.5, 0.6) is 0 Å². The summed E-state index contributed by atoms with van der Waals surface area (Å²) in [5.41, 5.74) is 0. The van der Waals surface area contributed by atoms with E-state index in [0.29, 0.717) is 13.0 Å². The Balaban J connectivity index is 2.41. The number of hydrogen-bond acceptors (Lipinski definition) is 2. The number of likely N-dealkylation sites (N-methyl/N-ethyl adjacent to an activating group) is 1. The zero-order chi connectivity index (χ0) is 11.6. The lowest BCUT2D eigenvalue weighted by Gasteiger charge is -2.18. The molecule has 1 N–H and O–H groups in total. The van der Waals surface area contributed by atoms with E-state index >= 15 is 0 Å². The zero-order valence-electron chi connectivity index (χ0n) is 8.14. The number of rotatable bonds is 4. The van der Waals surface area contributed by atoms with Crippen LogP contribution in [0.1, 0.15) is 6.42 Å². The molecule has 0 spiro atoms. The molecule has 1 aliphatic heterocycles. The minimum atomic E-state index is -4.08. The van der Waals surface area contributed by atoms with Crippen molar-refractivity contribution in [1.29, 1.82) is 0 Å². The van der Waals surface area contributed by atoms with E-state index in [1.54, 1.807) is 0 Å². The molecule has 0 radical (unpaired) electrons. The third kappa shape index (κ3) is 2.80. The lowest BCUT2D eigenvalue weighted by molar-refractivity contribution is -0.133. The second-order valence-corrected chi connectivity index (χ2v) is 3.54. The van der Waals surface area contributed by atoms with Crippen LogP contribution in [0.3, 0.4) is 0 Å². The second kappa shape index (κ2) is 4.34. The van der Waals surface area contributed by atoms with E-state index in [2.05, 4.69) is 5.32 Å². The molecule has 1 heterocycles. The topological polar surface area (TPSA) is 32.3 Å². The maximum Gasteiger partial charge on any atom is 0.319 e. The maximum atomic E-state index is 12.5. The van der Waals surface area contributed by atoms with Crippen molar-refractivity contribution in [3.05, 3.63) is 0 Å². The molecule has 1 atom stereocenters. The Hall–Kier alpha value is -0.850. The van der Waals surface area contributed by atoms with E-state index in [-0.39, 0.29) is 5.91 Å². The average molecular weight is 228 g/mol. The van der Waals surface area contributed by atoms with Crippen molar-refractivity contribution in [2.24, 2.45) is 0 Å². The van der Waals surface area contributed by atoms with Crippen LogP contribution in [0.15, 0.2) is 0 Å². The van der Waals surface area contributed by atoms with Crippen LogP contribution in [-0.2, 0) is 4.79 Å². The van der Waals surface area contributed by atoms with Gasteiger partial charge in [-0.1, -0.05) is 0 Å². The normalized spacial score (nSPS) is 22.9. The van der Waals surface area contributed by atoms with E-state index < -0.39 is 24.9 Å². The van der Waals surface area contributed by atoms with Crippen LogP contribution in [-0.4, -0.2) is 49.3 Å². The molecule has 1 fully saturated rings. The Morgan fingerprint density at radius 3 is 2.60 bits per heavy atom. The molecule has 7 heteroatoms. The molecule has 15 heavy (non-hydrogen) atoms. The summed E-state index contributed by atoms with van der Waals surface area (Å²) in [6.45, 7) is -0.717. The van der Waals surface area contributed by atoms with Crippen molar-refractivity contribution in [2.45, 2.75) is 24.8 Å². The van der Waals surface area contributed by atoms with Gasteiger partial charge < -0.3 is 4.90 Å². The number of likely N-dealkylation sites (tertiary alicyclic amines) is 1. The van der Waals surface area contributed by atoms with E-state index in [1.807, 2.05) is 0 Å². The molecule has 1 saturated heterocycles. The van der Waals surface area contributed by atoms with Gasteiger partial charge in [-0.3, -0.25) is 10.1 Å². The van der Waals surface area contributed by atoms with Crippen LogP contribution in [0.4, 0.5) is 17.6 Å². The first-order valence-electron chi connectivity index (χ1n) is 4.49. The van der Waals surface area contributed by atoms with Crippen LogP contribution in [0.25, 0.3) is 0 Å². The minimum Gasteiger partial charge on any atom is -0.344 e. The van der Waals surface area contributed by atoms with Crippen molar-refractivity contribution in [1.82, 2.24) is 10.2 Å². The summed E-state index contributed by atoms with van der Waals surface area (Å²) >= 11 is 0. The minimum absolute atomic E-state index is 0.333. The fraction of sp³-hybridized carbons (Fsp3) is 0.875. The third-order valence-corrected chi connectivity index (χ3v) is 2.33. The molecule has 0 aromatic carbocycles. The Morgan fingerprint density at radius 1 is 1.60 bits per heavy atom. The zero-order valence-corrected chi connectivity index (χ0v) is 8.14. The highest BCUT2D eigenvalue weighted by Gasteiger charge is 2.42. The van der Waals surface area contributed by atoms with Gasteiger partial charge in [0, 0.05) is 13.6 Å². The molecular weight excluding hydrogens is 216 g/mol. The molecule has 0 aliphatic carbocycles. The lowest BCUT2D eigenvalue weighted by Crippen LogP contribution is -2.45. The Morgan fingerprint density at radius 2 is 2.20 bits per heavy atom. The summed E-state index contributed by atoms with van der Waals surface area (Å²) in [5.74, 6) is -4.42. The summed E-state index contributed by atoms with van der Waals surface area (Å²) in [6, 6.07) is -0.764. The molecule has 0 bridgehead atoms. The van der Waals surface area contributed by atoms with Gasteiger partial charge in [-0.15, -0.1) is 0 Å². The monoisotopic (exact) mass is 228 g/mol. The molecule has 1 rings (SSSR count). The number of carbonyl (C=O) groups excluding carboxylic acids is 1. The first-order valence-corrected chi connectivity index (χ1v) is 4.49. The molecule has 3 nitrogen and oxygen atoms in total. The largest absolute Gasteiger partial charge is 0.344 e. The number of halogens is 4. The van der Waals surface area contributed by atoms with Crippen LogP contribution in [0.2, 0.25) is 0 Å². The van der Waals surface area contributed by atoms with Gasteiger partial charge in [-0.2, -0.15) is 8.78 Å². The standard InChI is InChI=1S/C8H12F4N2O/c1-14-3-2-5(6(14)15)13-4-8(11,12)7(9)10/h5,7,13H,2-4H2,1H3. The van der Waals surface area contributed by atoms with Crippen molar-refractivity contribution in [2.75, 3.05) is 20.1 Å². The Labute approximate surface area is 84.4 Å². The van der Waals surface area contributed by atoms with Crippen molar-refractivity contribution >= 4 is 5.91 Å². The lowest BCUT2D eigenvalue weighted by atomic mass is 10.2. The first-order chi connectivity index (χ1) is 6.84. The van der Waals surface area contributed by atoms with E-state index in [1.165, 1.54) is 11.9 Å². The van der Waals surface area contributed by atoms with Gasteiger partial charge in [-0.25, -0.2) is 8.78 Å². The van der Waals surface area contributed by atoms with Crippen molar-refractivity contribution < 1.29 is 22.4 Å². The number of amides is 1. The first kappa shape index (κ1) is 12.2. The average Bonchev–Trinajstić information content (AvgIpc) is 2.45. The van der Waals surface area contributed by atoms with Crippen LogP contribution in [0, 0.1) is 0 Å². The number of nitrogens with one attached hydrogen (secondary N) is 1. The molecule has 1 unspecified atom stereocenters. The smallest absolute Gasteiger partial charge is 0.319 e. The summed E-state index contributed by atoms with van der Waals surface area (Å²) < 4.78 is 48.5. The predicted molar refractivity (Wildman–Crippen MR) is 45.0 cm³/mol. The quantitative estimate of drug-likeness (QED) is 0.719. The number of hydrogen-bond donors (Lipinski definition) is 1. The SMILES string of the molecule is CN1CCC(NCC(F)(F)C(F)F)C1=O. The Kier molecular flexibility index (Phi) is 3.54. The summed E-state index contributed by atoms with van der Waals surface area (Å²) in [7, 11) is 1.54. The highest BCUT2D eigenvalue weighted by atomic mass is 19.3. The highest BCUT2D eigenvalue weighted by molar-refractivity contribution is 5.83. The third-order valence-electron chi connectivity index (χ3n) is 2.33. The summed E-state index contributed by atoms with van der Waals surface area (Å²) in [5, 5.41) is 2.16. The maximum absolute atomic E-state index is 12.5. The van der Waals surface area contributed by atoms with Gasteiger partial charge in [0.1, 0.15) is 0 Å². The van der Waals surface area contributed by atoms with E-state index in [0.717, 1.165) is 0 Å². The van der Waals surface area contributed by atoms with Gasteiger partial charge in [0.05, 0.1) is 12.6 Å². The van der Waals surface area contributed by atoms with Gasteiger partial charge in [0.25, 0.3) is 0 Å². The number of nitrogens with zero attached hydrogens (tertiary/aromatic N) is 1. The molecule has 0 aromatic rings. The van der Waals surface area contributed by atoms with E-state index in [9.17, 15) is 22.4 Å². The Bertz CT molecular complexity index is 247. The summed E-state index contributed by atoms with van der Waals surface area (Å²) in [4.78, 5) is 12.6. The predicted octanol–water partition coefficient (Wildman–Crippen LogP) is 0.707. The van der Waals surface area contributed by atoms with Crippen LogP contribution < -0.4 is 5.32 Å². The van der Waals surface area contributed by atoms with E-state index in [4.69, 9.17) is 0 Å². The van der Waals surface area contributed by atoms with Gasteiger partial charge in [-0.05, 0) is 6.42 Å². The van der Waals surface area contributed by atoms with Gasteiger partial charge in [0.2, 0.25) is 5.91 Å². The molecule has 1 amide bonds. The highest BCUT2D eigenvalue weighted by Crippen LogP contribution is 2.22.